The van der Waals surface area contributed by atoms with Crippen molar-refractivity contribution in [2.24, 2.45) is 5.41 Å². The van der Waals surface area contributed by atoms with Crippen molar-refractivity contribution in [2.75, 3.05) is 6.54 Å². The van der Waals surface area contributed by atoms with Crippen LogP contribution in [0.5, 0.6) is 0 Å². The molecule has 1 atom stereocenters. The molecule has 1 aromatic carbocycles. The monoisotopic (exact) mass is 271 g/mol. The van der Waals surface area contributed by atoms with Crippen molar-refractivity contribution in [3.8, 4) is 0 Å². The molecule has 0 saturated carbocycles. The second-order valence-electron chi connectivity index (χ2n) is 6.16. The summed E-state index contributed by atoms with van der Waals surface area (Å²) in [5.74, 6) is 0.694. The lowest BCUT2D eigenvalue weighted by Gasteiger charge is -2.40. The summed E-state index contributed by atoms with van der Waals surface area (Å²) < 4.78 is 5.04. The minimum Gasteiger partial charge on any atom is -0.340 e. The predicted molar refractivity (Wildman–Crippen MR) is 77.3 cm³/mol. The first-order chi connectivity index (χ1) is 9.67. The van der Waals surface area contributed by atoms with Crippen LogP contribution in [0.3, 0.4) is 0 Å². The number of fused-ring (bicyclic) bond motifs is 1. The zero-order valence-electron chi connectivity index (χ0n) is 12.1. The van der Waals surface area contributed by atoms with Crippen LogP contribution in [0.1, 0.15) is 43.3 Å². The van der Waals surface area contributed by atoms with Gasteiger partial charge >= 0.3 is 0 Å². The van der Waals surface area contributed by atoms with E-state index in [9.17, 15) is 0 Å². The lowest BCUT2D eigenvalue weighted by atomic mass is 9.70. The van der Waals surface area contributed by atoms with Gasteiger partial charge in [0.1, 0.15) is 0 Å². The molecule has 106 valence electrons. The number of rotatable bonds is 4. The molecule has 1 unspecified atom stereocenters. The lowest BCUT2D eigenvalue weighted by Crippen LogP contribution is -2.39. The van der Waals surface area contributed by atoms with Gasteiger partial charge in [0.2, 0.25) is 5.89 Å². The van der Waals surface area contributed by atoms with Gasteiger partial charge in [-0.3, -0.25) is 0 Å². The Labute approximate surface area is 119 Å². The van der Waals surface area contributed by atoms with E-state index in [0.29, 0.717) is 11.9 Å². The van der Waals surface area contributed by atoms with Crippen LogP contribution in [-0.2, 0) is 12.8 Å². The minimum atomic E-state index is 0.267. The topological polar surface area (TPSA) is 51.0 Å². The van der Waals surface area contributed by atoms with Gasteiger partial charge < -0.3 is 9.84 Å². The molecular weight excluding hydrogens is 250 g/mol. The summed E-state index contributed by atoms with van der Waals surface area (Å²) in [6, 6.07) is 9.15. The summed E-state index contributed by atoms with van der Waals surface area (Å²) in [5, 5.41) is 7.32. The highest BCUT2D eigenvalue weighted by Gasteiger charge is 2.35. The van der Waals surface area contributed by atoms with Gasteiger partial charge in [0.15, 0.2) is 6.33 Å². The molecule has 0 bridgehead atoms. The Morgan fingerprint density at radius 2 is 2.20 bits per heavy atom. The zero-order chi connectivity index (χ0) is 14.0. The van der Waals surface area contributed by atoms with Crippen molar-refractivity contribution < 1.29 is 4.52 Å². The quantitative estimate of drug-likeness (QED) is 0.929. The summed E-state index contributed by atoms with van der Waals surface area (Å²) in [5.41, 5.74) is 3.18. The average Bonchev–Trinajstić information content (AvgIpc) is 2.94. The summed E-state index contributed by atoms with van der Waals surface area (Å²) in [7, 11) is 0. The van der Waals surface area contributed by atoms with Gasteiger partial charge in [-0.25, -0.2) is 0 Å². The number of hydrogen-bond donors (Lipinski definition) is 1. The van der Waals surface area contributed by atoms with Crippen molar-refractivity contribution in [3.63, 3.8) is 0 Å². The van der Waals surface area contributed by atoms with E-state index < -0.39 is 0 Å². The molecule has 1 aliphatic carbocycles. The largest absolute Gasteiger partial charge is 0.340 e. The maximum absolute atomic E-state index is 5.04. The Kier molecular flexibility index (Phi) is 3.57. The molecule has 0 radical (unpaired) electrons. The summed E-state index contributed by atoms with van der Waals surface area (Å²) in [6.07, 6.45) is 4.61. The second-order valence-corrected chi connectivity index (χ2v) is 6.16. The van der Waals surface area contributed by atoms with Gasteiger partial charge in [0.25, 0.3) is 0 Å². The number of aromatic nitrogens is 2. The van der Waals surface area contributed by atoms with Crippen LogP contribution in [0.15, 0.2) is 35.1 Å². The van der Waals surface area contributed by atoms with E-state index in [4.69, 9.17) is 4.52 Å². The molecule has 4 heteroatoms. The normalized spacial score (nSPS) is 20.6. The molecule has 4 nitrogen and oxygen atoms in total. The fourth-order valence-electron chi connectivity index (χ4n) is 3.08. The lowest BCUT2D eigenvalue weighted by molar-refractivity contribution is 0.208. The first-order valence-corrected chi connectivity index (χ1v) is 7.23. The van der Waals surface area contributed by atoms with Crippen LogP contribution in [-0.4, -0.2) is 16.7 Å². The third-order valence-corrected chi connectivity index (χ3v) is 4.28. The Bertz CT molecular complexity index is 563. The molecule has 1 aliphatic rings. The van der Waals surface area contributed by atoms with E-state index in [1.807, 2.05) is 0 Å². The molecule has 1 heterocycles. The molecule has 0 spiro atoms. The third-order valence-electron chi connectivity index (χ3n) is 4.28. The molecule has 0 saturated heterocycles. The first kappa shape index (κ1) is 13.3. The number of nitrogens with zero attached hydrogens (tertiary/aromatic N) is 2. The van der Waals surface area contributed by atoms with Gasteiger partial charge in [-0.05, 0) is 29.4 Å². The molecule has 1 aromatic heterocycles. The number of nitrogens with one attached hydrogen (secondary N) is 1. The maximum Gasteiger partial charge on any atom is 0.227 e. The zero-order valence-corrected chi connectivity index (χ0v) is 12.1. The second kappa shape index (κ2) is 5.37. The summed E-state index contributed by atoms with van der Waals surface area (Å²) in [4.78, 5) is 4.06. The Morgan fingerprint density at radius 1 is 1.35 bits per heavy atom. The van der Waals surface area contributed by atoms with Gasteiger partial charge in [-0.2, -0.15) is 4.98 Å². The van der Waals surface area contributed by atoms with Crippen LogP contribution in [0.4, 0.5) is 0 Å². The Morgan fingerprint density at radius 3 is 3.00 bits per heavy atom. The Balaban J connectivity index is 1.72. The number of hydrogen-bond acceptors (Lipinski definition) is 4. The van der Waals surface area contributed by atoms with Crippen molar-refractivity contribution in [2.45, 2.75) is 39.2 Å². The maximum atomic E-state index is 5.04. The SMILES string of the molecule is CC1(C)CCc2ccccc2C1NCCc1ncno1. The van der Waals surface area contributed by atoms with E-state index in [2.05, 4.69) is 53.6 Å². The third kappa shape index (κ3) is 2.61. The standard InChI is InChI=1S/C16H21N3O/c1-16(2)9-7-12-5-3-4-6-13(12)15(16)17-10-8-14-18-11-19-20-14/h3-6,11,15,17H,7-10H2,1-2H3. The first-order valence-electron chi connectivity index (χ1n) is 7.23. The average molecular weight is 271 g/mol. The van der Waals surface area contributed by atoms with Gasteiger partial charge in [-0.15, -0.1) is 0 Å². The fraction of sp³-hybridized carbons (Fsp3) is 0.500. The molecule has 3 rings (SSSR count). The molecule has 1 N–H and O–H groups in total. The highest BCUT2D eigenvalue weighted by Crippen LogP contribution is 2.43. The van der Waals surface area contributed by atoms with E-state index in [1.54, 1.807) is 0 Å². The molecule has 20 heavy (non-hydrogen) atoms. The van der Waals surface area contributed by atoms with Gasteiger partial charge in [0.05, 0.1) is 0 Å². The molecule has 0 aliphatic heterocycles. The van der Waals surface area contributed by atoms with Crippen LogP contribution >= 0.6 is 0 Å². The summed E-state index contributed by atoms with van der Waals surface area (Å²) >= 11 is 0. The van der Waals surface area contributed by atoms with Gasteiger partial charge in [-0.1, -0.05) is 43.3 Å². The smallest absolute Gasteiger partial charge is 0.227 e. The van der Waals surface area contributed by atoms with Crippen molar-refractivity contribution in [1.82, 2.24) is 15.5 Å². The highest BCUT2D eigenvalue weighted by molar-refractivity contribution is 5.34. The Hall–Kier alpha value is -1.68. The van der Waals surface area contributed by atoms with Gasteiger partial charge in [0, 0.05) is 19.0 Å². The summed E-state index contributed by atoms with van der Waals surface area (Å²) in [6.45, 7) is 5.53. The van der Waals surface area contributed by atoms with Crippen molar-refractivity contribution in [3.05, 3.63) is 47.6 Å². The molecule has 0 fully saturated rings. The van der Waals surface area contributed by atoms with E-state index >= 15 is 0 Å². The number of benzene rings is 1. The van der Waals surface area contributed by atoms with E-state index in [1.165, 1.54) is 30.3 Å². The highest BCUT2D eigenvalue weighted by atomic mass is 16.5. The molecule has 2 aromatic rings. The molecular formula is C16H21N3O. The van der Waals surface area contributed by atoms with Crippen molar-refractivity contribution >= 4 is 0 Å². The van der Waals surface area contributed by atoms with Crippen LogP contribution in [0, 0.1) is 5.41 Å². The van der Waals surface area contributed by atoms with Crippen molar-refractivity contribution in [1.29, 1.82) is 0 Å². The number of aryl methyl sites for hydroxylation is 1. The molecule has 0 amide bonds. The van der Waals surface area contributed by atoms with E-state index in [0.717, 1.165) is 13.0 Å². The fourth-order valence-corrected chi connectivity index (χ4v) is 3.08. The van der Waals surface area contributed by atoms with Crippen LogP contribution in [0.25, 0.3) is 0 Å². The minimum absolute atomic E-state index is 0.267. The predicted octanol–water partition coefficient (Wildman–Crippen LogP) is 2.92. The van der Waals surface area contributed by atoms with Crippen LogP contribution in [0.2, 0.25) is 0 Å². The van der Waals surface area contributed by atoms with Crippen LogP contribution < -0.4 is 5.32 Å². The van der Waals surface area contributed by atoms with E-state index in [-0.39, 0.29) is 5.41 Å².